The second kappa shape index (κ2) is 6.81. The minimum Gasteiger partial charge on any atom is -0.337 e. The Hall–Kier alpha value is -2.04. The van der Waals surface area contributed by atoms with Gasteiger partial charge in [0.2, 0.25) is 0 Å². The third-order valence-corrected chi connectivity index (χ3v) is 4.56. The largest absolute Gasteiger partial charge is 0.337 e. The zero-order chi connectivity index (χ0) is 15.4. The summed E-state index contributed by atoms with van der Waals surface area (Å²) in [6, 6.07) is 7.56. The molecule has 2 atom stereocenters. The molecule has 0 spiro atoms. The number of nitrogens with one attached hydrogen (secondary N) is 2. The van der Waals surface area contributed by atoms with Crippen LogP contribution in [0.15, 0.2) is 30.6 Å². The molecule has 5 nitrogen and oxygen atoms in total. The Balaban J connectivity index is 1.46. The lowest BCUT2D eigenvalue weighted by atomic mass is 9.81. The van der Waals surface area contributed by atoms with E-state index >= 15 is 0 Å². The number of para-hydroxylation sites is 2. The lowest BCUT2D eigenvalue weighted by Crippen LogP contribution is -2.35. The molecule has 5 heteroatoms. The van der Waals surface area contributed by atoms with Gasteiger partial charge in [-0.1, -0.05) is 38.3 Å². The van der Waals surface area contributed by atoms with Crippen molar-refractivity contribution in [3.05, 3.63) is 30.6 Å². The minimum absolute atomic E-state index is 0.174. The number of rotatable bonds is 4. The van der Waals surface area contributed by atoms with Crippen LogP contribution in [0.2, 0.25) is 0 Å². The fourth-order valence-corrected chi connectivity index (χ4v) is 3.41. The number of carbonyl (C=O) groups excluding carboxylic acids is 1. The van der Waals surface area contributed by atoms with Crippen LogP contribution in [-0.4, -0.2) is 22.2 Å². The van der Waals surface area contributed by atoms with Crippen LogP contribution < -0.4 is 10.7 Å². The summed E-state index contributed by atoms with van der Waals surface area (Å²) in [7, 11) is 0. The predicted octanol–water partition coefficient (Wildman–Crippen LogP) is 3.51. The normalized spacial score (nSPS) is 21.7. The maximum absolute atomic E-state index is 12.0. The molecule has 1 aliphatic rings. The van der Waals surface area contributed by atoms with E-state index in [1.807, 2.05) is 24.3 Å². The number of carbonyl (C=O) groups is 1. The molecule has 2 aromatic rings. The molecule has 1 fully saturated rings. The summed E-state index contributed by atoms with van der Waals surface area (Å²) < 4.78 is 1.66. The first-order valence-electron chi connectivity index (χ1n) is 8.19. The lowest BCUT2D eigenvalue weighted by molar-refractivity contribution is 0.243. The highest BCUT2D eigenvalue weighted by atomic mass is 16.2. The van der Waals surface area contributed by atoms with Gasteiger partial charge in [-0.2, -0.15) is 0 Å². The summed E-state index contributed by atoms with van der Waals surface area (Å²) in [4.78, 5) is 16.2. The van der Waals surface area contributed by atoms with Crippen LogP contribution in [0, 0.1) is 11.8 Å². The first kappa shape index (κ1) is 14.9. The molecule has 1 aromatic carbocycles. The fourth-order valence-electron chi connectivity index (χ4n) is 3.41. The molecule has 3 rings (SSSR count). The van der Waals surface area contributed by atoms with E-state index in [1.54, 1.807) is 11.0 Å². The molecule has 2 N–H and O–H groups in total. The maximum Gasteiger partial charge on any atom is 0.333 e. The molecule has 1 aliphatic carbocycles. The van der Waals surface area contributed by atoms with E-state index in [4.69, 9.17) is 0 Å². The van der Waals surface area contributed by atoms with Crippen molar-refractivity contribution in [2.75, 3.05) is 12.0 Å². The molecule has 0 radical (unpaired) electrons. The second-order valence-electron chi connectivity index (χ2n) is 6.40. The molecule has 0 bridgehead atoms. The van der Waals surface area contributed by atoms with Gasteiger partial charge < -0.3 is 5.32 Å². The quantitative estimate of drug-likeness (QED) is 0.908. The summed E-state index contributed by atoms with van der Waals surface area (Å²) in [5.41, 5.74) is 4.59. The summed E-state index contributed by atoms with van der Waals surface area (Å²) in [5, 5.41) is 2.95. The van der Waals surface area contributed by atoms with Crippen molar-refractivity contribution in [3.8, 4) is 0 Å². The van der Waals surface area contributed by atoms with Crippen molar-refractivity contribution < 1.29 is 4.79 Å². The van der Waals surface area contributed by atoms with Gasteiger partial charge in [0, 0.05) is 6.54 Å². The van der Waals surface area contributed by atoms with E-state index in [0.717, 1.165) is 35.8 Å². The van der Waals surface area contributed by atoms with E-state index in [1.165, 1.54) is 25.7 Å². The van der Waals surface area contributed by atoms with E-state index < -0.39 is 0 Å². The number of amides is 2. The van der Waals surface area contributed by atoms with Crippen LogP contribution in [0.3, 0.4) is 0 Å². The van der Waals surface area contributed by atoms with Gasteiger partial charge in [-0.3, -0.25) is 0 Å². The van der Waals surface area contributed by atoms with Crippen LogP contribution >= 0.6 is 0 Å². The Morgan fingerprint density at radius 2 is 2.23 bits per heavy atom. The van der Waals surface area contributed by atoms with Crippen LogP contribution in [0.1, 0.15) is 39.0 Å². The number of nitrogens with zero attached hydrogens (tertiary/aromatic N) is 2. The summed E-state index contributed by atoms with van der Waals surface area (Å²) >= 11 is 0. The van der Waals surface area contributed by atoms with E-state index in [2.05, 4.69) is 22.7 Å². The highest BCUT2D eigenvalue weighted by molar-refractivity contribution is 5.84. The SMILES string of the molecule is C[C@@H]1CCC[C@H](CCNC(=O)Nn2cnc3ccccc32)C1. The van der Waals surface area contributed by atoms with Crippen molar-refractivity contribution in [1.82, 2.24) is 15.0 Å². The van der Waals surface area contributed by atoms with Crippen molar-refractivity contribution in [2.45, 2.75) is 39.0 Å². The molecule has 0 unspecified atom stereocenters. The molecular formula is C17H24N4O. The summed E-state index contributed by atoms with van der Waals surface area (Å²) in [6.07, 6.45) is 8.00. The van der Waals surface area contributed by atoms with Gasteiger partial charge in [0.15, 0.2) is 0 Å². The lowest BCUT2D eigenvalue weighted by Gasteiger charge is -2.26. The van der Waals surface area contributed by atoms with Gasteiger partial charge in [0.1, 0.15) is 6.33 Å². The van der Waals surface area contributed by atoms with Crippen molar-refractivity contribution in [3.63, 3.8) is 0 Å². The van der Waals surface area contributed by atoms with Crippen LogP contribution in [0.25, 0.3) is 11.0 Å². The van der Waals surface area contributed by atoms with Gasteiger partial charge >= 0.3 is 6.03 Å². The Kier molecular flexibility index (Phi) is 4.61. The van der Waals surface area contributed by atoms with E-state index in [0.29, 0.717) is 0 Å². The molecule has 0 aliphatic heterocycles. The maximum atomic E-state index is 12.0. The van der Waals surface area contributed by atoms with Crippen molar-refractivity contribution >= 4 is 17.1 Å². The number of urea groups is 1. The molecule has 1 aromatic heterocycles. The monoisotopic (exact) mass is 300 g/mol. The number of hydrogen-bond donors (Lipinski definition) is 2. The minimum atomic E-state index is -0.174. The van der Waals surface area contributed by atoms with E-state index in [-0.39, 0.29) is 6.03 Å². The first-order chi connectivity index (χ1) is 10.7. The standard InChI is InChI=1S/C17H24N4O/c1-13-5-4-6-14(11-13)9-10-18-17(22)20-21-12-19-15-7-2-3-8-16(15)21/h2-3,7-8,12-14H,4-6,9-11H2,1H3,(H2,18,20,22)/t13-,14-/m1/s1. The molecule has 118 valence electrons. The van der Waals surface area contributed by atoms with Gasteiger partial charge in [0.25, 0.3) is 0 Å². The number of hydrogen-bond acceptors (Lipinski definition) is 2. The molecule has 22 heavy (non-hydrogen) atoms. The molecule has 2 amide bonds. The second-order valence-corrected chi connectivity index (χ2v) is 6.40. The van der Waals surface area contributed by atoms with Crippen molar-refractivity contribution in [1.29, 1.82) is 0 Å². The highest BCUT2D eigenvalue weighted by Gasteiger charge is 2.18. The number of imidazole rings is 1. The van der Waals surface area contributed by atoms with Crippen LogP contribution in [-0.2, 0) is 0 Å². The zero-order valence-electron chi connectivity index (χ0n) is 13.1. The van der Waals surface area contributed by atoms with Crippen molar-refractivity contribution in [2.24, 2.45) is 11.8 Å². The third-order valence-electron chi connectivity index (χ3n) is 4.56. The first-order valence-corrected chi connectivity index (χ1v) is 8.19. The van der Waals surface area contributed by atoms with Gasteiger partial charge in [-0.25, -0.2) is 19.9 Å². The Morgan fingerprint density at radius 1 is 1.36 bits per heavy atom. The Labute approximate surface area is 131 Å². The van der Waals surface area contributed by atoms with Gasteiger partial charge in [0.05, 0.1) is 11.0 Å². The molecule has 1 saturated carbocycles. The molecule has 1 heterocycles. The zero-order valence-corrected chi connectivity index (χ0v) is 13.1. The Morgan fingerprint density at radius 3 is 3.09 bits per heavy atom. The van der Waals surface area contributed by atoms with Crippen LogP contribution in [0.4, 0.5) is 4.79 Å². The summed E-state index contributed by atoms with van der Waals surface area (Å²) in [6.45, 7) is 3.06. The predicted molar refractivity (Wildman–Crippen MR) is 88.2 cm³/mol. The van der Waals surface area contributed by atoms with Crippen LogP contribution in [0.5, 0.6) is 0 Å². The number of benzene rings is 1. The number of aromatic nitrogens is 2. The van der Waals surface area contributed by atoms with E-state index in [9.17, 15) is 4.79 Å². The highest BCUT2D eigenvalue weighted by Crippen LogP contribution is 2.30. The Bertz CT molecular complexity index is 636. The fraction of sp³-hybridized carbons (Fsp3) is 0.529. The molecule has 0 saturated heterocycles. The molecular weight excluding hydrogens is 276 g/mol. The average molecular weight is 300 g/mol. The van der Waals surface area contributed by atoms with Gasteiger partial charge in [-0.05, 0) is 36.8 Å². The third kappa shape index (κ3) is 3.59. The average Bonchev–Trinajstić information content (AvgIpc) is 2.91. The van der Waals surface area contributed by atoms with Gasteiger partial charge in [-0.15, -0.1) is 0 Å². The smallest absolute Gasteiger partial charge is 0.333 e. The topological polar surface area (TPSA) is 59.0 Å². The summed E-state index contributed by atoms with van der Waals surface area (Å²) in [5.74, 6) is 1.60. The number of fused-ring (bicyclic) bond motifs is 1.